The van der Waals surface area contributed by atoms with Crippen LogP contribution in [-0.2, 0) is 0 Å². The van der Waals surface area contributed by atoms with Crippen LogP contribution in [-0.4, -0.2) is 0 Å². The van der Waals surface area contributed by atoms with Crippen molar-refractivity contribution in [3.8, 4) is 12.3 Å². The van der Waals surface area contributed by atoms with Crippen LogP contribution in [0.3, 0.4) is 0 Å². The summed E-state index contributed by atoms with van der Waals surface area (Å²) in [5.74, 6) is 3.39. The highest BCUT2D eigenvalue weighted by atomic mass is 19.1. The number of halogens is 1. The SMILES string of the molecule is C#C/C(=C\F)C(CC(C)/C=C\C)C(C)C. The van der Waals surface area contributed by atoms with E-state index in [1.165, 1.54) is 0 Å². The molecule has 0 aliphatic rings. The van der Waals surface area contributed by atoms with Crippen molar-refractivity contribution in [2.24, 2.45) is 17.8 Å². The van der Waals surface area contributed by atoms with E-state index in [2.05, 4.69) is 32.8 Å². The maximum Gasteiger partial charge on any atom is 0.0985 e. The van der Waals surface area contributed by atoms with Crippen LogP contribution in [0.4, 0.5) is 4.39 Å². The highest BCUT2D eigenvalue weighted by Gasteiger charge is 2.19. The maximum atomic E-state index is 12.6. The predicted molar refractivity (Wildman–Crippen MR) is 64.9 cm³/mol. The third-order valence-corrected chi connectivity index (χ3v) is 2.64. The minimum absolute atomic E-state index is 0.145. The average Bonchev–Trinajstić information content (AvgIpc) is 2.18. The van der Waals surface area contributed by atoms with Gasteiger partial charge < -0.3 is 0 Å². The van der Waals surface area contributed by atoms with E-state index >= 15 is 0 Å². The van der Waals surface area contributed by atoms with E-state index in [0.717, 1.165) is 6.42 Å². The quantitative estimate of drug-likeness (QED) is 0.465. The largest absolute Gasteiger partial charge is 0.215 e. The van der Waals surface area contributed by atoms with Crippen molar-refractivity contribution in [3.63, 3.8) is 0 Å². The second-order valence-corrected chi connectivity index (χ2v) is 4.30. The first-order chi connectivity index (χ1) is 7.06. The van der Waals surface area contributed by atoms with Crippen LogP contribution in [0.2, 0.25) is 0 Å². The van der Waals surface area contributed by atoms with Gasteiger partial charge in [-0.1, -0.05) is 38.8 Å². The molecule has 1 heteroatoms. The summed E-state index contributed by atoms with van der Waals surface area (Å²) in [4.78, 5) is 0. The monoisotopic (exact) mass is 208 g/mol. The Bertz CT molecular complexity index is 266. The van der Waals surface area contributed by atoms with Crippen molar-refractivity contribution in [1.82, 2.24) is 0 Å². The van der Waals surface area contributed by atoms with Crippen molar-refractivity contribution in [1.29, 1.82) is 0 Å². The summed E-state index contributed by atoms with van der Waals surface area (Å²) in [7, 11) is 0. The minimum atomic E-state index is 0.145. The molecule has 0 amide bonds. The fourth-order valence-corrected chi connectivity index (χ4v) is 1.79. The molecular formula is C14H21F. The van der Waals surface area contributed by atoms with Gasteiger partial charge in [-0.05, 0) is 31.1 Å². The maximum absolute atomic E-state index is 12.6. The third kappa shape index (κ3) is 4.83. The molecular weight excluding hydrogens is 187 g/mol. The molecule has 0 rings (SSSR count). The first-order valence-corrected chi connectivity index (χ1v) is 5.46. The molecule has 0 N–H and O–H groups in total. The lowest BCUT2D eigenvalue weighted by Crippen LogP contribution is -2.14. The zero-order valence-corrected chi connectivity index (χ0v) is 10.1. The van der Waals surface area contributed by atoms with Crippen molar-refractivity contribution in [2.45, 2.75) is 34.1 Å². The standard InChI is InChI=1S/C14H21F/c1-6-8-12(5)9-14(11(3)4)13(7-2)10-15/h2,6,8,10-12,14H,9H2,1,3-5H3/b8-6-,13-10+. The molecule has 0 aromatic rings. The summed E-state index contributed by atoms with van der Waals surface area (Å²) in [6, 6.07) is 0. The second kappa shape index (κ2) is 7.29. The molecule has 0 radical (unpaired) electrons. The number of hydrogen-bond donors (Lipinski definition) is 0. The Morgan fingerprint density at radius 1 is 1.40 bits per heavy atom. The highest BCUT2D eigenvalue weighted by Crippen LogP contribution is 2.28. The molecule has 0 spiro atoms. The number of terminal acetylenes is 1. The zero-order valence-electron chi connectivity index (χ0n) is 10.1. The first-order valence-electron chi connectivity index (χ1n) is 5.46. The summed E-state index contributed by atoms with van der Waals surface area (Å²) in [6.45, 7) is 8.28. The summed E-state index contributed by atoms with van der Waals surface area (Å²) >= 11 is 0. The lowest BCUT2D eigenvalue weighted by molar-refractivity contribution is 0.382. The molecule has 0 aliphatic carbocycles. The summed E-state index contributed by atoms with van der Waals surface area (Å²) in [6.07, 6.45) is 10.9. The first kappa shape index (κ1) is 14.0. The fraction of sp³-hybridized carbons (Fsp3) is 0.571. The Balaban J connectivity index is 4.63. The predicted octanol–water partition coefficient (Wildman–Crippen LogP) is 4.35. The Hall–Kier alpha value is -1.03. The van der Waals surface area contributed by atoms with Crippen LogP contribution in [0.15, 0.2) is 24.1 Å². The normalized spacial score (nSPS) is 16.7. The molecule has 2 unspecified atom stereocenters. The molecule has 2 atom stereocenters. The molecule has 0 saturated carbocycles. The number of hydrogen-bond acceptors (Lipinski definition) is 0. The molecule has 0 aromatic carbocycles. The lowest BCUT2D eigenvalue weighted by Gasteiger charge is -2.22. The van der Waals surface area contributed by atoms with Crippen LogP contribution in [0.5, 0.6) is 0 Å². The van der Waals surface area contributed by atoms with Gasteiger partial charge in [0.1, 0.15) is 0 Å². The Morgan fingerprint density at radius 3 is 2.33 bits per heavy atom. The molecule has 0 saturated heterocycles. The minimum Gasteiger partial charge on any atom is -0.215 e. The molecule has 0 bridgehead atoms. The van der Waals surface area contributed by atoms with E-state index in [0.29, 0.717) is 23.7 Å². The van der Waals surface area contributed by atoms with Crippen molar-refractivity contribution in [3.05, 3.63) is 24.1 Å². The molecule has 0 fully saturated rings. The highest BCUT2D eigenvalue weighted by molar-refractivity contribution is 5.26. The van der Waals surface area contributed by atoms with Gasteiger partial charge in [0, 0.05) is 5.57 Å². The van der Waals surface area contributed by atoms with Gasteiger partial charge in [-0.15, -0.1) is 6.42 Å². The van der Waals surface area contributed by atoms with Crippen LogP contribution < -0.4 is 0 Å². The van der Waals surface area contributed by atoms with Gasteiger partial charge in [-0.25, -0.2) is 4.39 Å². The van der Waals surface area contributed by atoms with Crippen molar-refractivity contribution < 1.29 is 4.39 Å². The number of rotatable bonds is 5. The molecule has 15 heavy (non-hydrogen) atoms. The third-order valence-electron chi connectivity index (χ3n) is 2.64. The zero-order chi connectivity index (χ0) is 11.8. The van der Waals surface area contributed by atoms with Gasteiger partial charge in [0.05, 0.1) is 6.33 Å². The Morgan fingerprint density at radius 2 is 2.00 bits per heavy atom. The van der Waals surface area contributed by atoms with Gasteiger partial charge in [-0.2, -0.15) is 0 Å². The van der Waals surface area contributed by atoms with E-state index in [9.17, 15) is 4.39 Å². The number of allylic oxidation sites excluding steroid dienone is 3. The second-order valence-electron chi connectivity index (χ2n) is 4.30. The lowest BCUT2D eigenvalue weighted by atomic mass is 9.82. The van der Waals surface area contributed by atoms with Gasteiger partial charge in [0.25, 0.3) is 0 Å². The smallest absolute Gasteiger partial charge is 0.0985 e. The van der Waals surface area contributed by atoms with Crippen LogP contribution in [0.1, 0.15) is 34.1 Å². The average molecular weight is 208 g/mol. The van der Waals surface area contributed by atoms with Gasteiger partial charge in [0.2, 0.25) is 0 Å². The van der Waals surface area contributed by atoms with E-state index in [4.69, 9.17) is 6.42 Å². The Kier molecular flexibility index (Phi) is 6.79. The summed E-state index contributed by atoms with van der Waals surface area (Å²) in [5, 5.41) is 0. The van der Waals surface area contributed by atoms with Gasteiger partial charge in [-0.3, -0.25) is 0 Å². The van der Waals surface area contributed by atoms with Crippen molar-refractivity contribution >= 4 is 0 Å². The molecule has 0 nitrogen and oxygen atoms in total. The van der Waals surface area contributed by atoms with Crippen LogP contribution >= 0.6 is 0 Å². The van der Waals surface area contributed by atoms with Crippen LogP contribution in [0.25, 0.3) is 0 Å². The Labute approximate surface area is 93.3 Å². The van der Waals surface area contributed by atoms with E-state index in [-0.39, 0.29) is 5.92 Å². The molecule has 0 aromatic heterocycles. The van der Waals surface area contributed by atoms with E-state index in [1.807, 2.05) is 13.0 Å². The molecule has 0 aliphatic heterocycles. The molecule has 84 valence electrons. The summed E-state index contributed by atoms with van der Waals surface area (Å²) < 4.78 is 12.6. The molecule has 0 heterocycles. The summed E-state index contributed by atoms with van der Waals surface area (Å²) in [5.41, 5.74) is 0.487. The van der Waals surface area contributed by atoms with Crippen molar-refractivity contribution in [2.75, 3.05) is 0 Å². The van der Waals surface area contributed by atoms with Gasteiger partial charge in [0.15, 0.2) is 0 Å². The topological polar surface area (TPSA) is 0 Å². The fourth-order valence-electron chi connectivity index (χ4n) is 1.79. The van der Waals surface area contributed by atoms with Gasteiger partial charge >= 0.3 is 0 Å². The van der Waals surface area contributed by atoms with Crippen LogP contribution in [0, 0.1) is 30.1 Å². The van der Waals surface area contributed by atoms with E-state index in [1.54, 1.807) is 0 Å². The van der Waals surface area contributed by atoms with E-state index < -0.39 is 0 Å².